The second-order valence-corrected chi connectivity index (χ2v) is 4.00. The van der Waals surface area contributed by atoms with Crippen molar-refractivity contribution in [1.29, 1.82) is 5.26 Å². The van der Waals surface area contributed by atoms with E-state index in [1.54, 1.807) is 6.07 Å². The lowest BCUT2D eigenvalue weighted by molar-refractivity contribution is 0.410. The van der Waals surface area contributed by atoms with E-state index in [-0.39, 0.29) is 10.6 Å². The van der Waals surface area contributed by atoms with Crippen molar-refractivity contribution in [2.75, 3.05) is 0 Å². The normalized spacial score (nSPS) is 11.2. The number of hydrogen-bond donors (Lipinski definition) is 0. The molecule has 0 fully saturated rings. The molecule has 0 unspecified atom stereocenters. The molecule has 1 rings (SSSR count). The lowest BCUT2D eigenvalue weighted by atomic mass is 9.93. The summed E-state index contributed by atoms with van der Waals surface area (Å²) < 4.78 is 5.21. The van der Waals surface area contributed by atoms with Crippen LogP contribution in [0.5, 0.6) is 0 Å². The zero-order valence-corrected chi connectivity index (χ0v) is 8.07. The van der Waals surface area contributed by atoms with Gasteiger partial charge >= 0.3 is 0 Å². The van der Waals surface area contributed by atoms with Crippen molar-refractivity contribution in [1.82, 2.24) is 0 Å². The Bertz CT molecular complexity index is 327. The first-order valence-electron chi connectivity index (χ1n) is 3.65. The molecule has 0 N–H and O–H groups in total. The maximum Gasteiger partial charge on any atom is 0.211 e. The second-order valence-electron chi connectivity index (χ2n) is 3.66. The van der Waals surface area contributed by atoms with Gasteiger partial charge in [0.25, 0.3) is 0 Å². The van der Waals surface area contributed by atoms with E-state index in [1.807, 2.05) is 26.8 Å². The van der Waals surface area contributed by atoms with Gasteiger partial charge in [-0.25, -0.2) is 0 Å². The molecule has 0 aliphatic carbocycles. The molecule has 0 amide bonds. The van der Waals surface area contributed by atoms with Crippen LogP contribution in [0.2, 0.25) is 5.22 Å². The fourth-order valence-corrected chi connectivity index (χ4v) is 0.995. The Hall–Kier alpha value is -0.940. The highest BCUT2D eigenvalue weighted by atomic mass is 35.5. The first kappa shape index (κ1) is 9.15. The molecule has 0 aliphatic heterocycles. The molecule has 0 saturated heterocycles. The third-order valence-corrected chi connectivity index (χ3v) is 1.83. The van der Waals surface area contributed by atoms with Gasteiger partial charge in [-0.1, -0.05) is 20.8 Å². The van der Waals surface area contributed by atoms with E-state index in [0.717, 1.165) is 5.76 Å². The fourth-order valence-electron chi connectivity index (χ4n) is 0.815. The van der Waals surface area contributed by atoms with Crippen molar-refractivity contribution in [3.63, 3.8) is 0 Å². The average Bonchev–Trinajstić information content (AvgIpc) is 2.29. The Balaban J connectivity index is 3.16. The summed E-state index contributed by atoms with van der Waals surface area (Å²) >= 11 is 5.66. The number of hydrogen-bond acceptors (Lipinski definition) is 2. The average molecular weight is 184 g/mol. The van der Waals surface area contributed by atoms with E-state index in [4.69, 9.17) is 21.3 Å². The summed E-state index contributed by atoms with van der Waals surface area (Å²) in [7, 11) is 0. The molecule has 0 radical (unpaired) electrons. The van der Waals surface area contributed by atoms with Gasteiger partial charge in [0.2, 0.25) is 5.22 Å². The molecular formula is C9H10ClNO. The highest BCUT2D eigenvalue weighted by Gasteiger charge is 2.20. The summed E-state index contributed by atoms with van der Waals surface area (Å²) in [4.78, 5) is 0. The van der Waals surface area contributed by atoms with Crippen LogP contribution >= 0.6 is 11.6 Å². The van der Waals surface area contributed by atoms with Gasteiger partial charge in [-0.05, 0) is 17.7 Å². The summed E-state index contributed by atoms with van der Waals surface area (Å²) in [5.74, 6) is 0.740. The summed E-state index contributed by atoms with van der Waals surface area (Å²) in [6.07, 6.45) is 0. The molecule has 0 atom stereocenters. The summed E-state index contributed by atoms with van der Waals surface area (Å²) in [6.45, 7) is 6.01. The zero-order valence-electron chi connectivity index (χ0n) is 7.31. The van der Waals surface area contributed by atoms with Gasteiger partial charge in [0.15, 0.2) is 0 Å². The molecule has 1 heterocycles. The molecule has 0 saturated carbocycles. The molecule has 3 heteroatoms. The van der Waals surface area contributed by atoms with E-state index in [1.165, 1.54) is 0 Å². The number of furan rings is 1. The van der Waals surface area contributed by atoms with Crippen molar-refractivity contribution in [2.45, 2.75) is 26.2 Å². The molecule has 0 bridgehead atoms. The molecule has 12 heavy (non-hydrogen) atoms. The molecule has 2 nitrogen and oxygen atoms in total. The predicted octanol–water partition coefficient (Wildman–Crippen LogP) is 3.10. The third kappa shape index (κ3) is 1.62. The molecule has 64 valence electrons. The van der Waals surface area contributed by atoms with Crippen molar-refractivity contribution < 1.29 is 4.42 Å². The van der Waals surface area contributed by atoms with Gasteiger partial charge in [0, 0.05) is 5.41 Å². The van der Waals surface area contributed by atoms with E-state index < -0.39 is 0 Å². The maximum atomic E-state index is 8.60. The van der Waals surface area contributed by atoms with Crippen molar-refractivity contribution in [2.24, 2.45) is 0 Å². The largest absolute Gasteiger partial charge is 0.448 e. The molecular weight excluding hydrogens is 174 g/mol. The van der Waals surface area contributed by atoms with Crippen LogP contribution < -0.4 is 0 Å². The monoisotopic (exact) mass is 183 g/mol. The van der Waals surface area contributed by atoms with Crippen LogP contribution in [-0.2, 0) is 5.41 Å². The predicted molar refractivity (Wildman–Crippen MR) is 47.1 cm³/mol. The van der Waals surface area contributed by atoms with E-state index in [9.17, 15) is 0 Å². The number of halogens is 1. The second kappa shape index (κ2) is 2.84. The third-order valence-electron chi connectivity index (χ3n) is 1.55. The topological polar surface area (TPSA) is 36.9 Å². The van der Waals surface area contributed by atoms with E-state index in [2.05, 4.69) is 0 Å². The van der Waals surface area contributed by atoms with Crippen LogP contribution in [-0.4, -0.2) is 0 Å². The molecule has 0 spiro atoms. The maximum absolute atomic E-state index is 8.60. The van der Waals surface area contributed by atoms with Gasteiger partial charge < -0.3 is 4.42 Å². The summed E-state index contributed by atoms with van der Waals surface area (Å²) in [6, 6.07) is 3.64. The minimum Gasteiger partial charge on any atom is -0.448 e. The zero-order chi connectivity index (χ0) is 9.35. The standard InChI is InChI=1S/C9H10ClNO/c1-9(2,3)7-4-6(5-11)8(10)12-7/h4H,1-3H3. The Kier molecular flexibility index (Phi) is 2.16. The fraction of sp³-hybridized carbons (Fsp3) is 0.444. The quantitative estimate of drug-likeness (QED) is 0.620. The Morgan fingerprint density at radius 1 is 1.50 bits per heavy atom. The van der Waals surface area contributed by atoms with Crippen LogP contribution in [0.25, 0.3) is 0 Å². The van der Waals surface area contributed by atoms with Gasteiger partial charge in [-0.3, -0.25) is 0 Å². The van der Waals surface area contributed by atoms with Crippen LogP contribution in [0.4, 0.5) is 0 Å². The highest BCUT2D eigenvalue weighted by Crippen LogP contribution is 2.29. The minimum atomic E-state index is -0.0985. The van der Waals surface area contributed by atoms with Gasteiger partial charge in [0.1, 0.15) is 17.4 Å². The SMILES string of the molecule is CC(C)(C)c1cc(C#N)c(Cl)o1. The molecule has 0 aliphatic rings. The first-order chi connectivity index (χ1) is 5.45. The van der Waals surface area contributed by atoms with Crippen molar-refractivity contribution in [3.05, 3.63) is 22.6 Å². The van der Waals surface area contributed by atoms with Crippen LogP contribution in [0, 0.1) is 11.3 Å². The van der Waals surface area contributed by atoms with Crippen LogP contribution in [0.1, 0.15) is 32.1 Å². The van der Waals surface area contributed by atoms with Gasteiger partial charge in [-0.15, -0.1) is 0 Å². The van der Waals surface area contributed by atoms with Crippen LogP contribution in [0.3, 0.4) is 0 Å². The van der Waals surface area contributed by atoms with Crippen molar-refractivity contribution in [3.8, 4) is 6.07 Å². The molecule has 0 aromatic carbocycles. The summed E-state index contributed by atoms with van der Waals surface area (Å²) in [5.41, 5.74) is 0.306. The Morgan fingerprint density at radius 3 is 2.33 bits per heavy atom. The lowest BCUT2D eigenvalue weighted by Crippen LogP contribution is -2.08. The Morgan fingerprint density at radius 2 is 2.08 bits per heavy atom. The van der Waals surface area contributed by atoms with Crippen LogP contribution in [0.15, 0.2) is 10.5 Å². The minimum absolute atomic E-state index is 0.0985. The Labute approximate surface area is 76.7 Å². The van der Waals surface area contributed by atoms with E-state index >= 15 is 0 Å². The van der Waals surface area contributed by atoms with Gasteiger partial charge in [-0.2, -0.15) is 5.26 Å². The molecule has 1 aromatic rings. The summed E-state index contributed by atoms with van der Waals surface area (Å²) in [5, 5.41) is 8.79. The lowest BCUT2D eigenvalue weighted by Gasteiger charge is -2.13. The van der Waals surface area contributed by atoms with E-state index in [0.29, 0.717) is 5.56 Å². The van der Waals surface area contributed by atoms with Gasteiger partial charge in [0.05, 0.1) is 0 Å². The number of rotatable bonds is 0. The smallest absolute Gasteiger partial charge is 0.211 e. The molecule has 1 aromatic heterocycles. The number of nitriles is 1. The van der Waals surface area contributed by atoms with Crippen molar-refractivity contribution >= 4 is 11.6 Å². The highest BCUT2D eigenvalue weighted by molar-refractivity contribution is 6.30. The first-order valence-corrected chi connectivity index (χ1v) is 4.03. The number of nitrogens with zero attached hydrogens (tertiary/aromatic N) is 1.